The number of benzene rings is 2. The van der Waals surface area contributed by atoms with Crippen LogP contribution in [0.4, 0.5) is 4.79 Å². The number of nitrogens with one attached hydrogen (secondary N) is 2. The van der Waals surface area contributed by atoms with Crippen LogP contribution in [0.3, 0.4) is 0 Å². The lowest BCUT2D eigenvalue weighted by atomic mass is 9.95. The number of alkyl carbamates (subject to hydrolysis) is 1. The van der Waals surface area contributed by atoms with Crippen LogP contribution >= 0.6 is 0 Å². The number of carbonyl (C=O) groups excluding carboxylic acids is 2. The molecule has 7 heteroatoms. The maximum Gasteiger partial charge on any atom is 0.407 e. The Morgan fingerprint density at radius 3 is 2.26 bits per heavy atom. The first kappa shape index (κ1) is 24.8. The normalized spacial score (nSPS) is 19.0. The standard InChI is InChI=1S/C28H34N2O5/c1-28(2,15-14-25(31)29-16-18-8-7-13-19(18)26(32)33)30-27(34)35-17-24-22-11-5-3-9-20(22)21-10-4-6-12-23(21)24/h3-6,9-12,18-19,24H,7-8,13-17H2,1-2H3,(H,29,31)(H,30,34)(H,32,33)/t18-,19-/m1/s1. The largest absolute Gasteiger partial charge is 0.481 e. The minimum atomic E-state index is -0.782. The maximum atomic E-state index is 12.6. The van der Waals surface area contributed by atoms with Crippen molar-refractivity contribution < 1.29 is 24.2 Å². The lowest BCUT2D eigenvalue weighted by Gasteiger charge is -2.26. The fourth-order valence-electron chi connectivity index (χ4n) is 5.34. The molecule has 4 rings (SSSR count). The maximum absolute atomic E-state index is 12.6. The predicted molar refractivity (Wildman–Crippen MR) is 133 cm³/mol. The number of ether oxygens (including phenoxy) is 1. The molecule has 35 heavy (non-hydrogen) atoms. The van der Waals surface area contributed by atoms with Crippen molar-refractivity contribution in [2.24, 2.45) is 11.8 Å². The fraction of sp³-hybridized carbons (Fsp3) is 0.464. The van der Waals surface area contributed by atoms with Gasteiger partial charge in [0.05, 0.1) is 5.92 Å². The van der Waals surface area contributed by atoms with Gasteiger partial charge in [-0.15, -0.1) is 0 Å². The summed E-state index contributed by atoms with van der Waals surface area (Å²) in [6, 6.07) is 16.4. The van der Waals surface area contributed by atoms with E-state index in [-0.39, 0.29) is 36.7 Å². The molecule has 0 unspecified atom stereocenters. The van der Waals surface area contributed by atoms with Gasteiger partial charge in [-0.25, -0.2) is 4.79 Å². The Kier molecular flexibility index (Phi) is 7.43. The molecular weight excluding hydrogens is 444 g/mol. The van der Waals surface area contributed by atoms with Crippen LogP contribution in [-0.4, -0.2) is 41.8 Å². The van der Waals surface area contributed by atoms with Gasteiger partial charge in [0.1, 0.15) is 6.61 Å². The Hall–Kier alpha value is -3.35. The van der Waals surface area contributed by atoms with E-state index in [1.165, 1.54) is 11.1 Å². The molecule has 0 aliphatic heterocycles. The Bertz CT molecular complexity index is 1050. The van der Waals surface area contributed by atoms with E-state index >= 15 is 0 Å². The zero-order valence-corrected chi connectivity index (χ0v) is 20.4. The lowest BCUT2D eigenvalue weighted by molar-refractivity contribution is -0.143. The zero-order chi connectivity index (χ0) is 25.0. The van der Waals surface area contributed by atoms with Gasteiger partial charge >= 0.3 is 12.1 Å². The highest BCUT2D eigenvalue weighted by molar-refractivity contribution is 5.79. The number of amides is 2. The number of hydrogen-bond donors (Lipinski definition) is 3. The summed E-state index contributed by atoms with van der Waals surface area (Å²) >= 11 is 0. The van der Waals surface area contributed by atoms with Crippen molar-refractivity contribution in [3.63, 3.8) is 0 Å². The molecule has 0 saturated heterocycles. The van der Waals surface area contributed by atoms with E-state index in [4.69, 9.17) is 4.74 Å². The van der Waals surface area contributed by atoms with Crippen molar-refractivity contribution in [2.75, 3.05) is 13.2 Å². The van der Waals surface area contributed by atoms with Crippen LogP contribution in [0.5, 0.6) is 0 Å². The smallest absolute Gasteiger partial charge is 0.407 e. The second kappa shape index (κ2) is 10.5. The third-order valence-corrected chi connectivity index (χ3v) is 7.30. The number of carboxylic acids is 1. The number of carbonyl (C=O) groups is 3. The van der Waals surface area contributed by atoms with Gasteiger partial charge in [-0.3, -0.25) is 9.59 Å². The molecule has 0 spiro atoms. The number of carboxylic acid groups (broad SMARTS) is 1. The molecule has 2 aromatic rings. The number of fused-ring (bicyclic) bond motifs is 3. The van der Waals surface area contributed by atoms with Gasteiger partial charge < -0.3 is 20.5 Å². The van der Waals surface area contributed by atoms with Crippen LogP contribution in [0, 0.1) is 11.8 Å². The Balaban J connectivity index is 1.24. The van der Waals surface area contributed by atoms with Crippen LogP contribution in [0.1, 0.15) is 63.0 Å². The summed E-state index contributed by atoms with van der Waals surface area (Å²) in [5, 5.41) is 15.0. The molecule has 7 nitrogen and oxygen atoms in total. The number of hydrogen-bond acceptors (Lipinski definition) is 4. The van der Waals surface area contributed by atoms with E-state index in [0.29, 0.717) is 19.4 Å². The summed E-state index contributed by atoms with van der Waals surface area (Å²) < 4.78 is 5.63. The molecule has 0 heterocycles. The van der Waals surface area contributed by atoms with Gasteiger partial charge in [-0.1, -0.05) is 55.0 Å². The van der Waals surface area contributed by atoms with Crippen molar-refractivity contribution in [3.8, 4) is 11.1 Å². The topological polar surface area (TPSA) is 105 Å². The van der Waals surface area contributed by atoms with E-state index < -0.39 is 17.6 Å². The molecule has 0 radical (unpaired) electrons. The third-order valence-electron chi connectivity index (χ3n) is 7.30. The molecule has 2 aliphatic rings. The molecule has 1 fully saturated rings. The summed E-state index contributed by atoms with van der Waals surface area (Å²) in [4.78, 5) is 36.2. The second-order valence-electron chi connectivity index (χ2n) is 10.3. The van der Waals surface area contributed by atoms with Crippen LogP contribution < -0.4 is 10.6 Å². The zero-order valence-electron chi connectivity index (χ0n) is 20.4. The predicted octanol–water partition coefficient (Wildman–Crippen LogP) is 4.70. The molecule has 0 aromatic heterocycles. The number of aliphatic carboxylic acids is 1. The van der Waals surface area contributed by atoms with Crippen LogP contribution in [-0.2, 0) is 14.3 Å². The molecule has 2 amide bonds. The van der Waals surface area contributed by atoms with Gasteiger partial charge in [0.15, 0.2) is 0 Å². The van der Waals surface area contributed by atoms with Gasteiger partial charge in [-0.2, -0.15) is 0 Å². The monoisotopic (exact) mass is 478 g/mol. The Labute approximate surface area is 206 Å². The van der Waals surface area contributed by atoms with Crippen molar-refractivity contribution in [1.29, 1.82) is 0 Å². The highest BCUT2D eigenvalue weighted by atomic mass is 16.5. The molecule has 1 saturated carbocycles. The summed E-state index contributed by atoms with van der Waals surface area (Å²) in [5.41, 5.74) is 4.04. The van der Waals surface area contributed by atoms with Gasteiger partial charge in [0.2, 0.25) is 5.91 Å². The summed E-state index contributed by atoms with van der Waals surface area (Å²) in [6.45, 7) is 4.34. The van der Waals surface area contributed by atoms with E-state index in [1.807, 2.05) is 38.1 Å². The van der Waals surface area contributed by atoms with Gasteiger partial charge in [0.25, 0.3) is 0 Å². The summed E-state index contributed by atoms with van der Waals surface area (Å²) in [5.74, 6) is -1.31. The minimum Gasteiger partial charge on any atom is -0.481 e. The second-order valence-corrected chi connectivity index (χ2v) is 10.3. The average Bonchev–Trinajstić information content (AvgIpc) is 3.43. The highest BCUT2D eigenvalue weighted by Crippen LogP contribution is 2.44. The van der Waals surface area contributed by atoms with E-state index in [2.05, 4.69) is 34.9 Å². The average molecular weight is 479 g/mol. The van der Waals surface area contributed by atoms with Crippen molar-refractivity contribution in [2.45, 2.75) is 57.4 Å². The van der Waals surface area contributed by atoms with Crippen molar-refractivity contribution in [3.05, 3.63) is 59.7 Å². The molecule has 3 N–H and O–H groups in total. The van der Waals surface area contributed by atoms with Crippen LogP contribution in [0.2, 0.25) is 0 Å². The third kappa shape index (κ3) is 5.84. The highest BCUT2D eigenvalue weighted by Gasteiger charge is 2.33. The first-order valence-corrected chi connectivity index (χ1v) is 12.4. The van der Waals surface area contributed by atoms with E-state index in [0.717, 1.165) is 24.0 Å². The van der Waals surface area contributed by atoms with Crippen molar-refractivity contribution >= 4 is 18.0 Å². The summed E-state index contributed by atoms with van der Waals surface area (Å²) in [6.07, 6.45) is 2.55. The molecule has 2 aliphatic carbocycles. The van der Waals surface area contributed by atoms with E-state index in [9.17, 15) is 19.5 Å². The molecule has 186 valence electrons. The fourth-order valence-corrected chi connectivity index (χ4v) is 5.34. The van der Waals surface area contributed by atoms with Gasteiger partial charge in [-0.05, 0) is 61.3 Å². The molecule has 2 aromatic carbocycles. The SMILES string of the molecule is CC(C)(CCC(=O)NC[C@H]1CCC[C@H]1C(=O)O)NC(=O)OCC1c2ccccc2-c2ccccc21. The molecule has 0 bridgehead atoms. The van der Waals surface area contributed by atoms with E-state index in [1.54, 1.807) is 0 Å². The quantitative estimate of drug-likeness (QED) is 0.485. The summed E-state index contributed by atoms with van der Waals surface area (Å²) in [7, 11) is 0. The Morgan fingerprint density at radius 1 is 1.00 bits per heavy atom. The van der Waals surface area contributed by atoms with Crippen molar-refractivity contribution in [1.82, 2.24) is 10.6 Å². The van der Waals surface area contributed by atoms with Crippen LogP contribution in [0.15, 0.2) is 48.5 Å². The first-order valence-electron chi connectivity index (χ1n) is 12.4. The van der Waals surface area contributed by atoms with Gasteiger partial charge in [0, 0.05) is 24.4 Å². The lowest BCUT2D eigenvalue weighted by Crippen LogP contribution is -2.45. The van der Waals surface area contributed by atoms with Crippen LogP contribution in [0.25, 0.3) is 11.1 Å². The first-order chi connectivity index (χ1) is 16.7. The minimum absolute atomic E-state index is 0.00717. The molecule has 2 atom stereocenters. The molecular formula is C28H34N2O5. The number of rotatable bonds is 9. The Morgan fingerprint density at radius 2 is 1.63 bits per heavy atom.